The highest BCUT2D eigenvalue weighted by Gasteiger charge is 2.22. The van der Waals surface area contributed by atoms with Crippen molar-refractivity contribution < 1.29 is 4.79 Å². The predicted molar refractivity (Wildman–Crippen MR) is 66.9 cm³/mol. The Morgan fingerprint density at radius 3 is 2.44 bits per heavy atom. The second kappa shape index (κ2) is 4.52. The minimum atomic E-state index is 0.148. The maximum absolute atomic E-state index is 11.6. The van der Waals surface area contributed by atoms with Crippen molar-refractivity contribution in [2.24, 2.45) is 0 Å². The Hall–Kier alpha value is -2.30. The molecule has 0 aliphatic carbocycles. The van der Waals surface area contributed by atoms with Crippen molar-refractivity contribution >= 4 is 11.6 Å². The van der Waals surface area contributed by atoms with Crippen LogP contribution < -0.4 is 4.90 Å². The van der Waals surface area contributed by atoms with Gasteiger partial charge in [0.15, 0.2) is 5.82 Å². The Morgan fingerprint density at radius 1 is 1.11 bits per heavy atom. The molecule has 0 bridgehead atoms. The first-order valence-electron chi connectivity index (χ1n) is 5.87. The molecule has 0 saturated carbocycles. The Morgan fingerprint density at radius 2 is 1.83 bits per heavy atom. The monoisotopic (exact) mass is 240 g/mol. The molecule has 1 aliphatic heterocycles. The number of amides is 1. The van der Waals surface area contributed by atoms with Gasteiger partial charge < -0.3 is 4.90 Å². The molecule has 0 aromatic carbocycles. The number of nitrogens with zero attached hydrogens (tertiary/aromatic N) is 4. The van der Waals surface area contributed by atoms with Gasteiger partial charge in [0.2, 0.25) is 5.91 Å². The average Bonchev–Trinajstić information content (AvgIpc) is 2.86. The van der Waals surface area contributed by atoms with E-state index in [9.17, 15) is 4.79 Å². The molecule has 2 aromatic rings. The van der Waals surface area contributed by atoms with E-state index in [1.165, 1.54) is 0 Å². The Bertz CT molecular complexity index is 553. The lowest BCUT2D eigenvalue weighted by molar-refractivity contribution is -0.117. The van der Waals surface area contributed by atoms with Gasteiger partial charge in [-0.3, -0.25) is 9.78 Å². The maximum Gasteiger partial charge on any atom is 0.227 e. The Kier molecular flexibility index (Phi) is 2.72. The van der Waals surface area contributed by atoms with E-state index in [0.717, 1.165) is 24.2 Å². The minimum absolute atomic E-state index is 0.148. The van der Waals surface area contributed by atoms with Crippen molar-refractivity contribution in [3.05, 3.63) is 36.9 Å². The van der Waals surface area contributed by atoms with Crippen molar-refractivity contribution in [3.63, 3.8) is 0 Å². The summed E-state index contributed by atoms with van der Waals surface area (Å²) in [5, 5.41) is 0. The zero-order valence-electron chi connectivity index (χ0n) is 9.78. The standard InChI is InChI=1S/C13H12N4O/c18-12-2-1-7-17(12)11-8-15-13(16-9-11)10-3-5-14-6-4-10/h3-6,8-9H,1-2,7H2. The van der Waals surface area contributed by atoms with Gasteiger partial charge in [-0.05, 0) is 18.6 Å². The molecule has 0 radical (unpaired) electrons. The molecule has 18 heavy (non-hydrogen) atoms. The molecule has 1 fully saturated rings. The smallest absolute Gasteiger partial charge is 0.227 e. The van der Waals surface area contributed by atoms with Gasteiger partial charge in [-0.2, -0.15) is 0 Å². The number of hydrogen-bond acceptors (Lipinski definition) is 4. The van der Waals surface area contributed by atoms with E-state index < -0.39 is 0 Å². The van der Waals surface area contributed by atoms with Crippen molar-refractivity contribution in [2.75, 3.05) is 11.4 Å². The summed E-state index contributed by atoms with van der Waals surface area (Å²) < 4.78 is 0. The van der Waals surface area contributed by atoms with Crippen LogP contribution in [0, 0.1) is 0 Å². The fourth-order valence-electron chi connectivity index (χ4n) is 2.03. The molecule has 90 valence electrons. The molecule has 5 nitrogen and oxygen atoms in total. The van der Waals surface area contributed by atoms with Gasteiger partial charge in [-0.1, -0.05) is 0 Å². The number of hydrogen-bond donors (Lipinski definition) is 0. The van der Waals surface area contributed by atoms with E-state index in [0.29, 0.717) is 12.2 Å². The van der Waals surface area contributed by atoms with Crippen LogP contribution in [0.3, 0.4) is 0 Å². The zero-order valence-corrected chi connectivity index (χ0v) is 9.78. The van der Waals surface area contributed by atoms with Gasteiger partial charge in [-0.15, -0.1) is 0 Å². The lowest BCUT2D eigenvalue weighted by Gasteiger charge is -2.14. The molecular weight excluding hydrogens is 228 g/mol. The molecule has 1 aliphatic rings. The normalized spacial score (nSPS) is 15.1. The average molecular weight is 240 g/mol. The summed E-state index contributed by atoms with van der Waals surface area (Å²) in [5.41, 5.74) is 1.69. The van der Waals surface area contributed by atoms with Crippen LogP contribution in [0.1, 0.15) is 12.8 Å². The van der Waals surface area contributed by atoms with Crippen LogP contribution in [-0.4, -0.2) is 27.4 Å². The number of rotatable bonds is 2. The van der Waals surface area contributed by atoms with Gasteiger partial charge in [0.05, 0.1) is 18.1 Å². The second-order valence-electron chi connectivity index (χ2n) is 4.15. The summed E-state index contributed by atoms with van der Waals surface area (Å²) in [5.74, 6) is 0.794. The van der Waals surface area contributed by atoms with E-state index in [-0.39, 0.29) is 5.91 Å². The first-order valence-corrected chi connectivity index (χ1v) is 5.87. The summed E-state index contributed by atoms with van der Waals surface area (Å²) >= 11 is 0. The van der Waals surface area contributed by atoms with Crippen LogP contribution in [0.25, 0.3) is 11.4 Å². The Balaban J connectivity index is 1.87. The number of carbonyl (C=O) groups excluding carboxylic acids is 1. The van der Waals surface area contributed by atoms with Gasteiger partial charge in [0, 0.05) is 30.9 Å². The van der Waals surface area contributed by atoms with E-state index in [1.807, 2.05) is 12.1 Å². The number of pyridine rings is 1. The molecule has 3 rings (SSSR count). The van der Waals surface area contributed by atoms with Crippen LogP contribution in [0.4, 0.5) is 5.69 Å². The minimum Gasteiger partial charge on any atom is -0.310 e. The SMILES string of the molecule is O=C1CCCN1c1cnc(-c2ccncc2)nc1. The topological polar surface area (TPSA) is 59.0 Å². The van der Waals surface area contributed by atoms with E-state index in [2.05, 4.69) is 15.0 Å². The summed E-state index contributed by atoms with van der Waals surface area (Å²) in [6.07, 6.45) is 8.34. The van der Waals surface area contributed by atoms with Crippen LogP contribution in [0.15, 0.2) is 36.9 Å². The van der Waals surface area contributed by atoms with E-state index in [4.69, 9.17) is 0 Å². The molecule has 2 aromatic heterocycles. The lowest BCUT2D eigenvalue weighted by Crippen LogP contribution is -2.23. The third kappa shape index (κ3) is 1.95. The highest BCUT2D eigenvalue weighted by Crippen LogP contribution is 2.21. The Labute approximate surface area is 105 Å². The van der Waals surface area contributed by atoms with Crippen molar-refractivity contribution in [3.8, 4) is 11.4 Å². The summed E-state index contributed by atoms with van der Waals surface area (Å²) in [7, 11) is 0. The maximum atomic E-state index is 11.6. The van der Waals surface area contributed by atoms with E-state index in [1.54, 1.807) is 29.7 Å². The molecule has 0 spiro atoms. The summed E-state index contributed by atoms with van der Waals surface area (Å²) in [6, 6.07) is 3.71. The van der Waals surface area contributed by atoms with Crippen molar-refractivity contribution in [2.45, 2.75) is 12.8 Å². The van der Waals surface area contributed by atoms with Crippen LogP contribution >= 0.6 is 0 Å². The molecule has 0 unspecified atom stereocenters. The quantitative estimate of drug-likeness (QED) is 0.801. The molecule has 5 heteroatoms. The largest absolute Gasteiger partial charge is 0.310 e. The van der Waals surface area contributed by atoms with Gasteiger partial charge in [-0.25, -0.2) is 9.97 Å². The summed E-state index contributed by atoms with van der Waals surface area (Å²) in [4.78, 5) is 25.9. The second-order valence-corrected chi connectivity index (χ2v) is 4.15. The molecule has 0 atom stereocenters. The van der Waals surface area contributed by atoms with Gasteiger partial charge >= 0.3 is 0 Å². The highest BCUT2D eigenvalue weighted by molar-refractivity contribution is 5.95. The van der Waals surface area contributed by atoms with E-state index >= 15 is 0 Å². The van der Waals surface area contributed by atoms with Crippen molar-refractivity contribution in [1.29, 1.82) is 0 Å². The first kappa shape index (κ1) is 10.8. The molecular formula is C13H12N4O. The lowest BCUT2D eigenvalue weighted by atomic mass is 10.2. The van der Waals surface area contributed by atoms with Crippen LogP contribution in [0.5, 0.6) is 0 Å². The number of anilines is 1. The number of aromatic nitrogens is 3. The third-order valence-corrected chi connectivity index (χ3v) is 2.96. The van der Waals surface area contributed by atoms with Crippen LogP contribution in [-0.2, 0) is 4.79 Å². The molecule has 1 amide bonds. The van der Waals surface area contributed by atoms with Crippen molar-refractivity contribution in [1.82, 2.24) is 15.0 Å². The number of carbonyl (C=O) groups is 1. The van der Waals surface area contributed by atoms with Gasteiger partial charge in [0.25, 0.3) is 0 Å². The molecule has 1 saturated heterocycles. The summed E-state index contributed by atoms with van der Waals surface area (Å²) in [6.45, 7) is 0.761. The fourth-order valence-corrected chi connectivity index (χ4v) is 2.03. The molecule has 3 heterocycles. The zero-order chi connectivity index (χ0) is 12.4. The fraction of sp³-hybridized carbons (Fsp3) is 0.231. The third-order valence-electron chi connectivity index (χ3n) is 2.96. The van der Waals surface area contributed by atoms with Gasteiger partial charge in [0.1, 0.15) is 0 Å². The highest BCUT2D eigenvalue weighted by atomic mass is 16.2. The first-order chi connectivity index (χ1) is 8.84. The predicted octanol–water partition coefficient (Wildman–Crippen LogP) is 1.67. The van der Waals surface area contributed by atoms with Crippen LogP contribution in [0.2, 0.25) is 0 Å². The molecule has 0 N–H and O–H groups in total.